The second kappa shape index (κ2) is 4.90. The van der Waals surface area contributed by atoms with E-state index in [9.17, 15) is 0 Å². The lowest BCUT2D eigenvalue weighted by atomic mass is 11.6. The number of rotatable bonds is 4. The van der Waals surface area contributed by atoms with E-state index in [0.717, 1.165) is 0 Å². The van der Waals surface area contributed by atoms with Crippen molar-refractivity contribution in [3.63, 3.8) is 0 Å². The fourth-order valence-electron chi connectivity index (χ4n) is 0.0548. The molecule has 0 N–H and O–H groups in total. The molecule has 5 nitrogen and oxygen atoms in total. The molecule has 0 aliphatic carbocycles. The van der Waals surface area contributed by atoms with Gasteiger partial charge >= 0.3 is 12.9 Å². The quantitative estimate of drug-likeness (QED) is 0.203. The first-order chi connectivity index (χ1) is 3.41. The summed E-state index contributed by atoms with van der Waals surface area (Å²) >= 11 is 0. The highest BCUT2D eigenvalue weighted by molar-refractivity contribution is 5.36. The van der Waals surface area contributed by atoms with E-state index in [1.54, 1.807) is 0 Å². The van der Waals surface area contributed by atoms with Crippen LogP contribution in [0.5, 0.6) is 0 Å². The highest BCUT2D eigenvalue weighted by atomic mass is 17.5. The van der Waals surface area contributed by atoms with Crippen LogP contribution in [0, 0.1) is 0 Å². The van der Waals surface area contributed by atoms with Gasteiger partial charge in [-0.3, -0.25) is 19.4 Å². The largest absolute Gasteiger partial charge is 0.335 e. The molecule has 0 saturated carbocycles. The van der Waals surface area contributed by atoms with Crippen molar-refractivity contribution < 1.29 is 24.4 Å². The van der Waals surface area contributed by atoms with Crippen LogP contribution >= 0.6 is 0 Å². The predicted octanol–water partition coefficient (Wildman–Crippen LogP) is -0.821. The highest BCUT2D eigenvalue weighted by Gasteiger charge is 1.76. The molecule has 0 rings (SSSR count). The Morgan fingerprint density at radius 3 is 1.71 bits per heavy atom. The molecule has 0 aliphatic rings. The second-order valence-corrected chi connectivity index (χ2v) is 0.453. The van der Waals surface area contributed by atoms with Crippen molar-refractivity contribution in [2.45, 2.75) is 0 Å². The molecule has 0 aromatic heterocycles. The van der Waals surface area contributed by atoms with Gasteiger partial charge in [-0.15, -0.1) is 0 Å². The Hall–Kier alpha value is -1.10. The minimum Gasteiger partial charge on any atom is -0.263 e. The average Bonchev–Trinajstić information content (AvgIpc) is 1.69. The molecule has 0 atom stereocenters. The monoisotopic (exact) mass is 106 g/mol. The third kappa shape index (κ3) is 4.90. The lowest BCUT2D eigenvalue weighted by Gasteiger charge is -1.85. The Morgan fingerprint density at radius 1 is 1.00 bits per heavy atom. The number of hydrogen-bond acceptors (Lipinski definition) is 5. The molecule has 0 unspecified atom stereocenters. The Kier molecular flexibility index (Phi) is 4.13. The summed E-state index contributed by atoms with van der Waals surface area (Å²) in [6.07, 6.45) is 0. The fraction of sp³-hybridized carbons (Fsp3) is 0. The highest BCUT2D eigenvalue weighted by Crippen LogP contribution is 1.68. The van der Waals surface area contributed by atoms with E-state index in [4.69, 9.17) is 9.59 Å². The SMILES string of the molecule is O=COOOC=O. The minimum atomic E-state index is -0.0243. The molecule has 0 heterocycles. The van der Waals surface area contributed by atoms with E-state index in [1.807, 2.05) is 0 Å². The summed E-state index contributed by atoms with van der Waals surface area (Å²) < 4.78 is 0. The average molecular weight is 106 g/mol. The standard InChI is InChI=1S/C2H2O5/c3-1-5-7-6-2-4/h1-2H. The van der Waals surface area contributed by atoms with Gasteiger partial charge in [0.2, 0.25) is 0 Å². The molecule has 0 saturated heterocycles. The molecule has 40 valence electrons. The summed E-state index contributed by atoms with van der Waals surface area (Å²) in [6, 6.07) is 0. The fourth-order valence-corrected chi connectivity index (χ4v) is 0.0548. The van der Waals surface area contributed by atoms with Crippen LogP contribution < -0.4 is 0 Å². The zero-order valence-corrected chi connectivity index (χ0v) is 3.20. The van der Waals surface area contributed by atoms with E-state index >= 15 is 0 Å². The van der Waals surface area contributed by atoms with E-state index < -0.39 is 0 Å². The number of hydrogen-bond donors (Lipinski definition) is 0. The van der Waals surface area contributed by atoms with E-state index in [-0.39, 0.29) is 12.9 Å². The topological polar surface area (TPSA) is 61.8 Å². The van der Waals surface area contributed by atoms with Gasteiger partial charge in [-0.05, 0) is 0 Å². The summed E-state index contributed by atoms with van der Waals surface area (Å²) in [7, 11) is 0. The molecular weight excluding hydrogens is 104 g/mol. The molecule has 0 spiro atoms. The van der Waals surface area contributed by atoms with Gasteiger partial charge in [-0.1, -0.05) is 0 Å². The van der Waals surface area contributed by atoms with Gasteiger partial charge in [-0.2, -0.15) is 0 Å². The van der Waals surface area contributed by atoms with Gasteiger partial charge < -0.3 is 0 Å². The van der Waals surface area contributed by atoms with E-state index in [1.165, 1.54) is 0 Å². The molecule has 7 heavy (non-hydrogen) atoms. The van der Waals surface area contributed by atoms with Crippen molar-refractivity contribution >= 4 is 12.9 Å². The zero-order chi connectivity index (χ0) is 5.54. The zero-order valence-electron chi connectivity index (χ0n) is 3.20. The first-order valence-corrected chi connectivity index (χ1v) is 1.28. The molecule has 0 aromatic rings. The van der Waals surface area contributed by atoms with Crippen LogP contribution in [-0.4, -0.2) is 12.9 Å². The summed E-state index contributed by atoms with van der Waals surface area (Å²) in [6.45, 7) is -0.0486. The smallest absolute Gasteiger partial charge is 0.263 e. The Labute approximate surface area is 38.6 Å². The maximum Gasteiger partial charge on any atom is 0.335 e. The number of carbonyl (C=O) groups excluding carboxylic acids is 2. The van der Waals surface area contributed by atoms with Crippen molar-refractivity contribution in [1.82, 2.24) is 0 Å². The summed E-state index contributed by atoms with van der Waals surface area (Å²) in [5.74, 6) is 0. The molecule has 0 aliphatic heterocycles. The van der Waals surface area contributed by atoms with E-state index in [2.05, 4.69) is 14.8 Å². The Morgan fingerprint density at radius 2 is 1.43 bits per heavy atom. The van der Waals surface area contributed by atoms with Crippen LogP contribution in [0.2, 0.25) is 0 Å². The van der Waals surface area contributed by atoms with Crippen molar-refractivity contribution in [1.29, 1.82) is 0 Å². The summed E-state index contributed by atoms with van der Waals surface area (Å²) in [5.41, 5.74) is 0. The third-order valence-corrected chi connectivity index (χ3v) is 0.157. The van der Waals surface area contributed by atoms with Crippen LogP contribution in [0.25, 0.3) is 0 Å². The van der Waals surface area contributed by atoms with Crippen LogP contribution in [0.3, 0.4) is 0 Å². The molecule has 0 fully saturated rings. The lowest BCUT2D eigenvalue weighted by molar-refractivity contribution is -0.448. The van der Waals surface area contributed by atoms with Crippen LogP contribution in [0.15, 0.2) is 0 Å². The van der Waals surface area contributed by atoms with Gasteiger partial charge in [0.25, 0.3) is 0 Å². The molecule has 0 amide bonds. The van der Waals surface area contributed by atoms with Gasteiger partial charge in [0.1, 0.15) is 0 Å². The summed E-state index contributed by atoms with van der Waals surface area (Å²) in [5, 5.41) is 3.40. The lowest BCUT2D eigenvalue weighted by Crippen LogP contribution is -1.90. The van der Waals surface area contributed by atoms with Crippen molar-refractivity contribution in [3.8, 4) is 0 Å². The van der Waals surface area contributed by atoms with Crippen LogP contribution in [-0.2, 0) is 24.4 Å². The molecule has 0 radical (unpaired) electrons. The van der Waals surface area contributed by atoms with Crippen LogP contribution in [0.4, 0.5) is 0 Å². The second-order valence-electron chi connectivity index (χ2n) is 0.453. The van der Waals surface area contributed by atoms with Crippen LogP contribution in [0.1, 0.15) is 0 Å². The van der Waals surface area contributed by atoms with Gasteiger partial charge in [0, 0.05) is 5.04 Å². The first-order valence-electron chi connectivity index (χ1n) is 1.28. The maximum absolute atomic E-state index is 9.14. The third-order valence-electron chi connectivity index (χ3n) is 0.157. The Bertz CT molecular complexity index is 51.1. The maximum atomic E-state index is 9.14. The van der Waals surface area contributed by atoms with Crippen molar-refractivity contribution in [2.75, 3.05) is 0 Å². The van der Waals surface area contributed by atoms with Crippen molar-refractivity contribution in [2.24, 2.45) is 0 Å². The van der Waals surface area contributed by atoms with Gasteiger partial charge in [-0.25, -0.2) is 0 Å². The first kappa shape index (κ1) is 5.90. The van der Waals surface area contributed by atoms with E-state index in [0.29, 0.717) is 0 Å². The molecule has 0 aromatic carbocycles. The van der Waals surface area contributed by atoms with Gasteiger partial charge in [0.15, 0.2) is 0 Å². The normalized spacial score (nSPS) is 6.86. The minimum absolute atomic E-state index is 0.0243. The van der Waals surface area contributed by atoms with Gasteiger partial charge in [0.05, 0.1) is 0 Å². The predicted molar refractivity (Wildman–Crippen MR) is 15.4 cm³/mol. The van der Waals surface area contributed by atoms with Crippen molar-refractivity contribution in [3.05, 3.63) is 0 Å². The number of carbonyl (C=O) groups is 2. The Balaban J connectivity index is 2.68. The summed E-state index contributed by atoms with van der Waals surface area (Å²) in [4.78, 5) is 25.2. The molecule has 0 bridgehead atoms. The molecular formula is C2H2O5. The molecule has 5 heteroatoms.